The monoisotopic (exact) mass is 376 g/mol. The van der Waals surface area contributed by atoms with Gasteiger partial charge in [0.1, 0.15) is 11.9 Å². The fourth-order valence-corrected chi connectivity index (χ4v) is 3.26. The molecular weight excluding hydrogens is 352 g/mol. The van der Waals surface area contributed by atoms with Crippen molar-refractivity contribution in [3.05, 3.63) is 46.9 Å². The lowest BCUT2D eigenvalue weighted by Gasteiger charge is -2.34. The third-order valence-corrected chi connectivity index (χ3v) is 4.85. The van der Waals surface area contributed by atoms with Crippen molar-refractivity contribution in [2.45, 2.75) is 44.6 Å². The van der Waals surface area contributed by atoms with E-state index in [2.05, 4.69) is 10.3 Å². The maximum Gasteiger partial charge on any atom is 0.263 e. The van der Waals surface area contributed by atoms with Gasteiger partial charge in [0.05, 0.1) is 30.5 Å². The number of rotatable bonds is 7. The van der Waals surface area contributed by atoms with Gasteiger partial charge in [-0.05, 0) is 32.4 Å². The van der Waals surface area contributed by atoms with Crippen LogP contribution in [-0.2, 0) is 20.9 Å². The van der Waals surface area contributed by atoms with Gasteiger partial charge in [0.25, 0.3) is 5.91 Å². The van der Waals surface area contributed by atoms with Crippen molar-refractivity contribution in [2.75, 3.05) is 13.2 Å². The number of hydrogen-bond donors (Lipinski definition) is 1. The average Bonchev–Trinajstić information content (AvgIpc) is 3.15. The minimum absolute atomic E-state index is 0.117. The predicted octanol–water partition coefficient (Wildman–Crippen LogP) is 2.79. The number of thiazole rings is 1. The summed E-state index contributed by atoms with van der Waals surface area (Å²) in [7, 11) is 0. The van der Waals surface area contributed by atoms with Gasteiger partial charge in [-0.15, -0.1) is 11.3 Å². The maximum absolute atomic E-state index is 12.8. The number of nitrogens with zero attached hydrogens (tertiary/aromatic N) is 1. The third kappa shape index (κ3) is 5.03. The molecule has 0 aliphatic carbocycles. The van der Waals surface area contributed by atoms with Crippen molar-refractivity contribution in [2.24, 2.45) is 0 Å². The molecule has 2 atom stereocenters. The van der Waals surface area contributed by atoms with Gasteiger partial charge in [-0.1, -0.05) is 18.2 Å². The van der Waals surface area contributed by atoms with Crippen LogP contribution in [0.25, 0.3) is 0 Å². The van der Waals surface area contributed by atoms with Crippen LogP contribution in [0.3, 0.4) is 0 Å². The fraction of sp³-hybridized carbons (Fsp3) is 0.474. The van der Waals surface area contributed by atoms with Crippen LogP contribution in [0.1, 0.15) is 26.0 Å². The second-order valence-corrected chi connectivity index (χ2v) is 7.42. The van der Waals surface area contributed by atoms with Crippen LogP contribution in [0.4, 0.5) is 0 Å². The molecule has 3 rings (SSSR count). The molecule has 1 aromatic carbocycles. The molecule has 0 bridgehead atoms. The quantitative estimate of drug-likeness (QED) is 0.805. The van der Waals surface area contributed by atoms with Crippen molar-refractivity contribution in [3.63, 3.8) is 0 Å². The molecule has 2 heterocycles. The predicted molar refractivity (Wildman–Crippen MR) is 99.2 cm³/mol. The van der Waals surface area contributed by atoms with Crippen molar-refractivity contribution < 1.29 is 19.0 Å². The Morgan fingerprint density at radius 1 is 1.38 bits per heavy atom. The first-order valence-corrected chi connectivity index (χ1v) is 9.60. The molecular formula is C19H24N2O4S. The largest absolute Gasteiger partial charge is 0.478 e. The highest BCUT2D eigenvalue weighted by atomic mass is 32.1. The standard InChI is InChI=1S/C19H24N2O4S/c1-19(2,25-15-6-4-3-5-7-15)18(22)21-16-8-9-23-11-17(16)24-10-14-12-26-13-20-14/h3-7,12-13,16-17H,8-11H2,1-2H3,(H,21,22)/t16-,17-/m1/s1. The second-order valence-electron chi connectivity index (χ2n) is 6.70. The van der Waals surface area contributed by atoms with E-state index in [0.29, 0.717) is 32.0 Å². The molecule has 1 aliphatic rings. The molecule has 1 N–H and O–H groups in total. The molecule has 1 saturated heterocycles. The zero-order valence-corrected chi connectivity index (χ0v) is 15.8. The zero-order valence-electron chi connectivity index (χ0n) is 15.0. The zero-order chi connectivity index (χ0) is 18.4. The van der Waals surface area contributed by atoms with Gasteiger partial charge in [0.15, 0.2) is 5.60 Å². The summed E-state index contributed by atoms with van der Waals surface area (Å²) >= 11 is 1.53. The van der Waals surface area contributed by atoms with Gasteiger partial charge in [-0.2, -0.15) is 0 Å². The van der Waals surface area contributed by atoms with E-state index in [-0.39, 0.29) is 18.1 Å². The first kappa shape index (κ1) is 18.8. The van der Waals surface area contributed by atoms with Crippen LogP contribution in [0.5, 0.6) is 5.75 Å². The van der Waals surface area contributed by atoms with Gasteiger partial charge in [-0.25, -0.2) is 4.98 Å². The van der Waals surface area contributed by atoms with E-state index >= 15 is 0 Å². The van der Waals surface area contributed by atoms with E-state index < -0.39 is 5.60 Å². The van der Waals surface area contributed by atoms with Gasteiger partial charge >= 0.3 is 0 Å². The number of amides is 1. The van der Waals surface area contributed by atoms with Gasteiger partial charge in [0, 0.05) is 12.0 Å². The molecule has 0 unspecified atom stereocenters. The topological polar surface area (TPSA) is 69.7 Å². The number of nitrogens with one attached hydrogen (secondary N) is 1. The summed E-state index contributed by atoms with van der Waals surface area (Å²) in [6.45, 7) is 4.99. The number of aromatic nitrogens is 1. The van der Waals surface area contributed by atoms with Gasteiger partial charge < -0.3 is 19.5 Å². The Morgan fingerprint density at radius 3 is 2.92 bits per heavy atom. The van der Waals surface area contributed by atoms with Crippen LogP contribution >= 0.6 is 11.3 Å². The normalized spacial score (nSPS) is 20.5. The molecule has 1 aliphatic heterocycles. The van der Waals surface area contributed by atoms with E-state index in [1.54, 1.807) is 19.4 Å². The van der Waals surface area contributed by atoms with Gasteiger partial charge in [0.2, 0.25) is 0 Å². The highest BCUT2D eigenvalue weighted by Gasteiger charge is 2.35. The Labute approximate surface area is 157 Å². The number of ether oxygens (including phenoxy) is 3. The lowest BCUT2D eigenvalue weighted by molar-refractivity contribution is -0.139. The highest BCUT2D eigenvalue weighted by molar-refractivity contribution is 7.07. The Balaban J connectivity index is 1.58. The van der Waals surface area contributed by atoms with Crippen LogP contribution in [0, 0.1) is 0 Å². The van der Waals surface area contributed by atoms with Crippen molar-refractivity contribution >= 4 is 17.2 Å². The fourth-order valence-electron chi connectivity index (χ4n) is 2.71. The van der Waals surface area contributed by atoms with E-state index in [9.17, 15) is 4.79 Å². The molecule has 26 heavy (non-hydrogen) atoms. The Hall–Kier alpha value is -1.96. The highest BCUT2D eigenvalue weighted by Crippen LogP contribution is 2.20. The number of carbonyl (C=O) groups excluding carboxylic acids is 1. The molecule has 1 fully saturated rings. The van der Waals surface area contributed by atoms with Gasteiger partial charge in [-0.3, -0.25) is 4.79 Å². The molecule has 2 aromatic rings. The summed E-state index contributed by atoms with van der Waals surface area (Å²) in [6.07, 6.45) is 0.497. The number of hydrogen-bond acceptors (Lipinski definition) is 6. The molecule has 140 valence electrons. The summed E-state index contributed by atoms with van der Waals surface area (Å²) < 4.78 is 17.3. The number of para-hydroxylation sites is 1. The molecule has 0 spiro atoms. The van der Waals surface area contributed by atoms with Crippen LogP contribution in [0.2, 0.25) is 0 Å². The third-order valence-electron chi connectivity index (χ3n) is 4.21. The smallest absolute Gasteiger partial charge is 0.263 e. The SMILES string of the molecule is CC(C)(Oc1ccccc1)C(=O)N[C@@H]1CCOC[C@H]1OCc1cscn1. The summed E-state index contributed by atoms with van der Waals surface area (Å²) in [6, 6.07) is 9.22. The second kappa shape index (κ2) is 8.62. The minimum atomic E-state index is -0.987. The molecule has 0 radical (unpaired) electrons. The average molecular weight is 376 g/mol. The lowest BCUT2D eigenvalue weighted by Crippen LogP contribution is -2.56. The van der Waals surface area contributed by atoms with E-state index in [4.69, 9.17) is 14.2 Å². The summed E-state index contributed by atoms with van der Waals surface area (Å²) in [5, 5.41) is 5.03. The number of benzene rings is 1. The first-order chi connectivity index (χ1) is 12.5. The molecule has 1 amide bonds. The Morgan fingerprint density at radius 2 is 2.19 bits per heavy atom. The Bertz CT molecular complexity index is 691. The molecule has 6 nitrogen and oxygen atoms in total. The van der Waals surface area contributed by atoms with E-state index in [0.717, 1.165) is 5.69 Å². The Kier molecular flexibility index (Phi) is 6.24. The number of carbonyl (C=O) groups is 1. The van der Waals surface area contributed by atoms with Crippen molar-refractivity contribution in [1.29, 1.82) is 0 Å². The molecule has 1 aromatic heterocycles. The maximum atomic E-state index is 12.8. The van der Waals surface area contributed by atoms with E-state index in [1.165, 1.54) is 11.3 Å². The van der Waals surface area contributed by atoms with Crippen molar-refractivity contribution in [1.82, 2.24) is 10.3 Å². The first-order valence-electron chi connectivity index (χ1n) is 8.66. The molecule has 7 heteroatoms. The summed E-state index contributed by atoms with van der Waals surface area (Å²) in [5.41, 5.74) is 1.68. The summed E-state index contributed by atoms with van der Waals surface area (Å²) in [4.78, 5) is 17.0. The van der Waals surface area contributed by atoms with Crippen molar-refractivity contribution in [3.8, 4) is 5.75 Å². The van der Waals surface area contributed by atoms with E-state index in [1.807, 2.05) is 35.7 Å². The lowest BCUT2D eigenvalue weighted by atomic mass is 10.0. The summed E-state index contributed by atoms with van der Waals surface area (Å²) in [5.74, 6) is 0.492. The van der Waals surface area contributed by atoms with Crippen LogP contribution < -0.4 is 10.1 Å². The minimum Gasteiger partial charge on any atom is -0.478 e. The molecule has 0 saturated carbocycles. The van der Waals surface area contributed by atoms with Crippen LogP contribution in [-0.4, -0.2) is 41.9 Å². The van der Waals surface area contributed by atoms with Crippen LogP contribution in [0.15, 0.2) is 41.2 Å².